The van der Waals surface area contributed by atoms with Crippen LogP contribution in [0, 0.1) is 6.92 Å². The van der Waals surface area contributed by atoms with E-state index >= 15 is 0 Å². The first-order valence-corrected chi connectivity index (χ1v) is 5.86. The predicted molar refractivity (Wildman–Crippen MR) is 61.0 cm³/mol. The molecule has 0 unspecified atom stereocenters. The monoisotopic (exact) mass is 296 g/mol. The average Bonchev–Trinajstić information content (AvgIpc) is 2.15. The zero-order chi connectivity index (χ0) is 12.2. The molecule has 2 nitrogen and oxygen atoms in total. The number of aromatic nitrogens is 1. The Labute approximate surface area is 101 Å². The smallest absolute Gasteiger partial charge is 0.347 e. The SMILES string of the molecule is Cc1cccc(N(CCBr)CC(F)(F)F)n1. The van der Waals surface area contributed by atoms with E-state index in [2.05, 4.69) is 20.9 Å². The van der Waals surface area contributed by atoms with Crippen LogP contribution in [0.25, 0.3) is 0 Å². The summed E-state index contributed by atoms with van der Waals surface area (Å²) in [4.78, 5) is 5.29. The highest BCUT2D eigenvalue weighted by Crippen LogP contribution is 2.20. The summed E-state index contributed by atoms with van der Waals surface area (Å²) in [7, 11) is 0. The van der Waals surface area contributed by atoms with E-state index < -0.39 is 12.7 Å². The van der Waals surface area contributed by atoms with Crippen molar-refractivity contribution in [1.29, 1.82) is 0 Å². The highest BCUT2D eigenvalue weighted by molar-refractivity contribution is 9.09. The average molecular weight is 297 g/mol. The molecule has 6 heteroatoms. The predicted octanol–water partition coefficient (Wildman–Crippen LogP) is 3.15. The highest BCUT2D eigenvalue weighted by atomic mass is 79.9. The Kier molecular flexibility index (Phi) is 4.58. The Morgan fingerprint density at radius 1 is 1.38 bits per heavy atom. The van der Waals surface area contributed by atoms with Gasteiger partial charge in [0.25, 0.3) is 0 Å². The highest BCUT2D eigenvalue weighted by Gasteiger charge is 2.31. The molecule has 0 aromatic carbocycles. The lowest BCUT2D eigenvalue weighted by molar-refractivity contribution is -0.119. The van der Waals surface area contributed by atoms with Gasteiger partial charge in [-0.15, -0.1) is 0 Å². The summed E-state index contributed by atoms with van der Waals surface area (Å²) < 4.78 is 37.0. The molecule has 1 rings (SSSR count). The number of hydrogen-bond acceptors (Lipinski definition) is 2. The van der Waals surface area contributed by atoms with Crippen molar-refractivity contribution in [3.05, 3.63) is 23.9 Å². The molecule has 0 fully saturated rings. The van der Waals surface area contributed by atoms with Gasteiger partial charge in [0.2, 0.25) is 0 Å². The number of aryl methyl sites for hydroxylation is 1. The van der Waals surface area contributed by atoms with E-state index in [0.717, 1.165) is 0 Å². The summed E-state index contributed by atoms with van der Waals surface area (Å²) in [5, 5.41) is 0.471. The molecule has 0 bridgehead atoms. The topological polar surface area (TPSA) is 16.1 Å². The molecule has 1 aromatic heterocycles. The van der Waals surface area contributed by atoms with Gasteiger partial charge in [-0.2, -0.15) is 13.2 Å². The molecule has 0 radical (unpaired) electrons. The molecule has 0 spiro atoms. The van der Waals surface area contributed by atoms with Crippen LogP contribution in [-0.2, 0) is 0 Å². The second-order valence-electron chi connectivity index (χ2n) is 3.36. The van der Waals surface area contributed by atoms with E-state index in [1.54, 1.807) is 25.1 Å². The fourth-order valence-corrected chi connectivity index (χ4v) is 1.73. The summed E-state index contributed by atoms with van der Waals surface area (Å²) in [5.74, 6) is 0.358. The van der Waals surface area contributed by atoms with E-state index in [9.17, 15) is 13.2 Å². The lowest BCUT2D eigenvalue weighted by Crippen LogP contribution is -2.36. The van der Waals surface area contributed by atoms with Crippen LogP contribution < -0.4 is 4.90 Å². The van der Waals surface area contributed by atoms with Gasteiger partial charge in [-0.3, -0.25) is 0 Å². The Bertz CT molecular complexity index is 341. The van der Waals surface area contributed by atoms with Gasteiger partial charge in [0.1, 0.15) is 12.4 Å². The molecule has 0 saturated heterocycles. The normalized spacial score (nSPS) is 11.6. The number of halogens is 4. The van der Waals surface area contributed by atoms with E-state index in [4.69, 9.17) is 0 Å². The van der Waals surface area contributed by atoms with Crippen LogP contribution in [0.15, 0.2) is 18.2 Å². The standard InChI is InChI=1S/C10H12BrF3N2/c1-8-3-2-4-9(15-8)16(6-5-11)7-10(12,13)14/h2-4H,5-7H2,1H3. The van der Waals surface area contributed by atoms with Gasteiger partial charge in [0.05, 0.1) is 0 Å². The molecule has 16 heavy (non-hydrogen) atoms. The van der Waals surface area contributed by atoms with Crippen molar-refractivity contribution in [1.82, 2.24) is 4.98 Å². The van der Waals surface area contributed by atoms with Crippen molar-refractivity contribution in [2.24, 2.45) is 0 Å². The Hall–Kier alpha value is -0.780. The molecule has 0 atom stereocenters. The van der Waals surface area contributed by atoms with Crippen LogP contribution in [0.5, 0.6) is 0 Å². The molecule has 0 aliphatic rings. The van der Waals surface area contributed by atoms with E-state index in [1.165, 1.54) is 4.90 Å². The summed E-state index contributed by atoms with van der Waals surface area (Å²) in [5.41, 5.74) is 0.708. The zero-order valence-corrected chi connectivity index (χ0v) is 10.3. The molecule has 1 heterocycles. The molecular weight excluding hydrogens is 285 g/mol. The van der Waals surface area contributed by atoms with Gasteiger partial charge in [-0.25, -0.2) is 4.98 Å². The third kappa shape index (κ3) is 4.38. The first-order chi connectivity index (χ1) is 7.42. The Morgan fingerprint density at radius 2 is 2.06 bits per heavy atom. The summed E-state index contributed by atoms with van der Waals surface area (Å²) in [6.07, 6.45) is -4.21. The van der Waals surface area contributed by atoms with Gasteiger partial charge in [0.15, 0.2) is 0 Å². The van der Waals surface area contributed by atoms with Crippen molar-refractivity contribution in [3.8, 4) is 0 Å². The van der Waals surface area contributed by atoms with Crippen LogP contribution in [-0.4, -0.2) is 29.6 Å². The number of pyridine rings is 1. The minimum atomic E-state index is -4.21. The Morgan fingerprint density at radius 3 is 2.56 bits per heavy atom. The zero-order valence-electron chi connectivity index (χ0n) is 8.76. The number of nitrogens with zero attached hydrogens (tertiary/aromatic N) is 2. The maximum absolute atomic E-state index is 12.3. The van der Waals surface area contributed by atoms with Gasteiger partial charge in [0, 0.05) is 17.6 Å². The van der Waals surface area contributed by atoms with E-state index in [0.29, 0.717) is 16.8 Å². The van der Waals surface area contributed by atoms with Crippen molar-refractivity contribution in [2.75, 3.05) is 23.3 Å². The number of rotatable bonds is 4. The van der Waals surface area contributed by atoms with Crippen molar-refractivity contribution < 1.29 is 13.2 Å². The van der Waals surface area contributed by atoms with E-state index in [1.807, 2.05) is 0 Å². The second-order valence-corrected chi connectivity index (χ2v) is 4.16. The van der Waals surface area contributed by atoms with Crippen molar-refractivity contribution in [2.45, 2.75) is 13.1 Å². The molecule has 0 aliphatic heterocycles. The molecule has 90 valence electrons. The second kappa shape index (κ2) is 5.52. The summed E-state index contributed by atoms with van der Waals surface area (Å²) >= 11 is 3.14. The fraction of sp³-hybridized carbons (Fsp3) is 0.500. The minimum Gasteiger partial charge on any atom is -0.347 e. The lowest BCUT2D eigenvalue weighted by Gasteiger charge is -2.24. The van der Waals surface area contributed by atoms with Gasteiger partial charge >= 0.3 is 6.18 Å². The largest absolute Gasteiger partial charge is 0.405 e. The Balaban J connectivity index is 2.85. The van der Waals surface area contributed by atoms with Crippen molar-refractivity contribution in [3.63, 3.8) is 0 Å². The number of hydrogen-bond donors (Lipinski definition) is 0. The molecule has 0 amide bonds. The molecular formula is C10H12BrF3N2. The molecule has 1 aromatic rings. The fourth-order valence-electron chi connectivity index (χ4n) is 1.30. The van der Waals surface area contributed by atoms with Gasteiger partial charge in [-0.05, 0) is 19.1 Å². The van der Waals surface area contributed by atoms with Gasteiger partial charge in [-0.1, -0.05) is 22.0 Å². The van der Waals surface area contributed by atoms with Gasteiger partial charge < -0.3 is 4.90 Å². The third-order valence-electron chi connectivity index (χ3n) is 1.92. The first-order valence-electron chi connectivity index (χ1n) is 4.74. The quantitative estimate of drug-likeness (QED) is 0.794. The number of alkyl halides is 4. The summed E-state index contributed by atoms with van der Waals surface area (Å²) in [6, 6.07) is 5.04. The van der Waals surface area contributed by atoms with Crippen LogP contribution in [0.1, 0.15) is 5.69 Å². The maximum Gasteiger partial charge on any atom is 0.405 e. The third-order valence-corrected chi connectivity index (χ3v) is 2.28. The van der Waals surface area contributed by atoms with Crippen LogP contribution in [0.4, 0.5) is 19.0 Å². The maximum atomic E-state index is 12.3. The molecule has 0 N–H and O–H groups in total. The van der Waals surface area contributed by atoms with Crippen LogP contribution in [0.2, 0.25) is 0 Å². The van der Waals surface area contributed by atoms with Crippen LogP contribution in [0.3, 0.4) is 0 Å². The minimum absolute atomic E-state index is 0.274. The van der Waals surface area contributed by atoms with E-state index in [-0.39, 0.29) is 6.54 Å². The first kappa shape index (κ1) is 13.3. The molecule has 0 aliphatic carbocycles. The lowest BCUT2D eigenvalue weighted by atomic mass is 10.3. The number of anilines is 1. The van der Waals surface area contributed by atoms with Crippen molar-refractivity contribution >= 4 is 21.7 Å². The summed E-state index contributed by atoms with van der Waals surface area (Å²) in [6.45, 7) is 1.05. The van der Waals surface area contributed by atoms with Crippen LogP contribution >= 0.6 is 15.9 Å². The molecule has 0 saturated carbocycles.